The van der Waals surface area contributed by atoms with Crippen LogP contribution in [0.15, 0.2) is 24.5 Å². The topological polar surface area (TPSA) is 109 Å². The van der Waals surface area contributed by atoms with Crippen molar-refractivity contribution in [3.05, 3.63) is 41.3 Å². The summed E-state index contributed by atoms with van der Waals surface area (Å²) in [5.74, 6) is 0.284. The molecule has 5 rings (SSSR count). The molecule has 0 unspecified atom stereocenters. The van der Waals surface area contributed by atoms with E-state index in [9.17, 15) is 22.8 Å². The number of nitrogens with one attached hydrogen (secondary N) is 3. The number of rotatable bonds is 9. The maximum Gasteiger partial charge on any atom is 0.263 e. The molecule has 0 bridgehead atoms. The van der Waals surface area contributed by atoms with Crippen LogP contribution in [0.5, 0.6) is 5.75 Å². The van der Waals surface area contributed by atoms with Crippen molar-refractivity contribution in [1.82, 2.24) is 25.6 Å². The van der Waals surface area contributed by atoms with Crippen LogP contribution < -0.4 is 15.4 Å². The molecule has 2 aliphatic rings. The van der Waals surface area contributed by atoms with E-state index in [0.717, 1.165) is 12.8 Å². The van der Waals surface area contributed by atoms with Crippen LogP contribution in [0.2, 0.25) is 0 Å². The van der Waals surface area contributed by atoms with Gasteiger partial charge < -0.3 is 20.4 Å². The van der Waals surface area contributed by atoms with E-state index in [1.165, 1.54) is 24.5 Å². The molecule has 2 aromatic heterocycles. The lowest BCUT2D eigenvalue weighted by molar-refractivity contribution is -0.122. The number of carbonyl (C=O) groups is 2. The van der Waals surface area contributed by atoms with Crippen molar-refractivity contribution in [2.75, 3.05) is 6.61 Å². The van der Waals surface area contributed by atoms with E-state index in [0.29, 0.717) is 59.1 Å². The number of H-pyrrole nitrogens is 1. The van der Waals surface area contributed by atoms with Gasteiger partial charge in [-0.25, -0.2) is 23.1 Å². The molecule has 1 aromatic carbocycles. The zero-order chi connectivity index (χ0) is 27.7. The molecule has 2 heterocycles. The number of aryl methyl sites for hydroxylation is 1. The maximum absolute atomic E-state index is 14.7. The summed E-state index contributed by atoms with van der Waals surface area (Å²) >= 11 is 0. The molecule has 0 aliphatic heterocycles. The average Bonchev–Trinajstić information content (AvgIpc) is 3.68. The second kappa shape index (κ2) is 11.2. The number of alkyl halides is 3. The Morgan fingerprint density at radius 2 is 1.95 bits per heavy atom. The Labute approximate surface area is 224 Å². The normalized spacial score (nSPS) is 21.2. The molecule has 0 saturated heterocycles. The van der Waals surface area contributed by atoms with E-state index in [2.05, 4.69) is 25.6 Å². The minimum absolute atomic E-state index is 0.0875. The quantitative estimate of drug-likeness (QED) is 0.345. The minimum Gasteiger partial charge on any atom is -0.493 e. The van der Waals surface area contributed by atoms with Crippen molar-refractivity contribution in [2.24, 2.45) is 5.92 Å². The Bertz CT molecular complexity index is 1370. The fraction of sp³-hybridized carbons (Fsp3) is 0.500. The number of ether oxygens (including phenoxy) is 1. The lowest BCUT2D eigenvalue weighted by Gasteiger charge is -2.32. The van der Waals surface area contributed by atoms with Crippen molar-refractivity contribution < 1.29 is 27.5 Å². The highest BCUT2D eigenvalue weighted by Gasteiger charge is 2.33. The van der Waals surface area contributed by atoms with E-state index in [1.54, 1.807) is 13.8 Å². The molecule has 2 amide bonds. The number of aromatic nitrogens is 3. The predicted molar refractivity (Wildman–Crippen MR) is 139 cm³/mol. The molecule has 39 heavy (non-hydrogen) atoms. The molecule has 3 N–H and O–H groups in total. The smallest absolute Gasteiger partial charge is 0.263 e. The number of halogens is 3. The molecule has 208 valence electrons. The van der Waals surface area contributed by atoms with Crippen molar-refractivity contribution in [3.63, 3.8) is 0 Å². The van der Waals surface area contributed by atoms with Crippen LogP contribution in [0.4, 0.5) is 13.2 Å². The SMILES string of the molecule is CCC(=O)N[C@H]1CC[C@H](NC(=O)c2c(C)[nH]c3c(-c4cc(C(F)F)ccc4OCC4CC4)ncnc23)C[C@H]1F. The molecule has 3 atom stereocenters. The van der Waals surface area contributed by atoms with Crippen LogP contribution in [0.25, 0.3) is 22.3 Å². The van der Waals surface area contributed by atoms with Crippen LogP contribution in [-0.2, 0) is 4.79 Å². The molecule has 3 aromatic rings. The first-order valence-corrected chi connectivity index (χ1v) is 13.4. The van der Waals surface area contributed by atoms with Gasteiger partial charge in [0.15, 0.2) is 0 Å². The van der Waals surface area contributed by atoms with Gasteiger partial charge in [-0.1, -0.05) is 6.92 Å². The summed E-state index contributed by atoms with van der Waals surface area (Å²) in [4.78, 5) is 36.9. The first-order valence-electron chi connectivity index (χ1n) is 13.4. The van der Waals surface area contributed by atoms with E-state index >= 15 is 0 Å². The third-order valence-electron chi connectivity index (χ3n) is 7.46. The largest absolute Gasteiger partial charge is 0.493 e. The van der Waals surface area contributed by atoms with Crippen LogP contribution in [0.3, 0.4) is 0 Å². The highest BCUT2D eigenvalue weighted by Crippen LogP contribution is 2.38. The molecule has 11 heteroatoms. The molecule has 2 fully saturated rings. The van der Waals surface area contributed by atoms with E-state index < -0.39 is 30.6 Å². The fourth-order valence-corrected chi connectivity index (χ4v) is 5.07. The van der Waals surface area contributed by atoms with E-state index in [4.69, 9.17) is 4.74 Å². The molecule has 8 nitrogen and oxygen atoms in total. The zero-order valence-corrected chi connectivity index (χ0v) is 21.9. The summed E-state index contributed by atoms with van der Waals surface area (Å²) in [6.07, 6.45) is 0.816. The van der Waals surface area contributed by atoms with Crippen LogP contribution in [0.1, 0.15) is 73.5 Å². The second-order valence-corrected chi connectivity index (χ2v) is 10.4. The number of benzene rings is 1. The number of amides is 2. The van der Waals surface area contributed by atoms with Crippen molar-refractivity contribution >= 4 is 22.8 Å². The van der Waals surface area contributed by atoms with Gasteiger partial charge in [0, 0.05) is 35.7 Å². The number of fused-ring (bicyclic) bond motifs is 1. The van der Waals surface area contributed by atoms with Gasteiger partial charge in [0.25, 0.3) is 12.3 Å². The lowest BCUT2D eigenvalue weighted by Crippen LogP contribution is -2.49. The predicted octanol–water partition coefficient (Wildman–Crippen LogP) is 5.17. The highest BCUT2D eigenvalue weighted by molar-refractivity contribution is 6.09. The van der Waals surface area contributed by atoms with Crippen LogP contribution >= 0.6 is 0 Å². The van der Waals surface area contributed by atoms with E-state index in [-0.39, 0.29) is 29.9 Å². The number of hydrogen-bond acceptors (Lipinski definition) is 5. The summed E-state index contributed by atoms with van der Waals surface area (Å²) in [5, 5.41) is 5.61. The second-order valence-electron chi connectivity index (χ2n) is 10.4. The number of hydrogen-bond donors (Lipinski definition) is 3. The van der Waals surface area contributed by atoms with Crippen LogP contribution in [0, 0.1) is 12.8 Å². The average molecular weight is 544 g/mol. The standard InChI is InChI=1S/C28H32F3N5O3/c1-3-22(37)36-20-8-7-17(11-19(20)29)35-28(38)23-14(2)34-26-24(32-13-33-25(23)26)18-10-16(27(30)31)6-9-21(18)39-12-15-4-5-15/h6,9-10,13,15,17,19-20,27,34H,3-5,7-8,11-12H2,1-2H3,(H,35,38)(H,36,37)/t17-,19+,20-/m0/s1. The molecule has 0 radical (unpaired) electrons. The summed E-state index contributed by atoms with van der Waals surface area (Å²) in [6.45, 7) is 3.92. The third kappa shape index (κ3) is 5.86. The van der Waals surface area contributed by atoms with Gasteiger partial charge in [-0.2, -0.15) is 0 Å². The molecular weight excluding hydrogens is 511 g/mol. The monoisotopic (exact) mass is 543 g/mol. The van der Waals surface area contributed by atoms with Gasteiger partial charge >= 0.3 is 0 Å². The van der Waals surface area contributed by atoms with Gasteiger partial charge in [0.05, 0.1) is 23.7 Å². The molecular formula is C28H32F3N5O3. The third-order valence-corrected chi connectivity index (χ3v) is 7.46. The highest BCUT2D eigenvalue weighted by atomic mass is 19.3. The van der Waals surface area contributed by atoms with Crippen LogP contribution in [-0.4, -0.2) is 51.6 Å². The Balaban J connectivity index is 1.41. The summed E-state index contributed by atoms with van der Waals surface area (Å²) in [7, 11) is 0. The number of carbonyl (C=O) groups excluding carboxylic acids is 2. The van der Waals surface area contributed by atoms with Gasteiger partial charge in [-0.3, -0.25) is 9.59 Å². The molecule has 2 saturated carbocycles. The number of aromatic amines is 1. The Morgan fingerprint density at radius 3 is 2.64 bits per heavy atom. The van der Waals surface area contributed by atoms with Gasteiger partial charge in [0.2, 0.25) is 5.91 Å². The summed E-state index contributed by atoms with van der Waals surface area (Å²) in [6, 6.07) is 3.27. The first-order chi connectivity index (χ1) is 18.7. The lowest BCUT2D eigenvalue weighted by atomic mass is 9.89. The van der Waals surface area contributed by atoms with E-state index in [1.807, 2.05) is 0 Å². The zero-order valence-electron chi connectivity index (χ0n) is 21.9. The summed E-state index contributed by atoms with van der Waals surface area (Å²) in [5.41, 5.74) is 2.16. The van der Waals surface area contributed by atoms with Crippen molar-refractivity contribution in [3.8, 4) is 17.0 Å². The Morgan fingerprint density at radius 1 is 1.15 bits per heavy atom. The van der Waals surface area contributed by atoms with Crippen molar-refractivity contribution in [2.45, 2.75) is 77.1 Å². The molecule has 0 spiro atoms. The summed E-state index contributed by atoms with van der Waals surface area (Å²) < 4.78 is 47.9. The molecule has 2 aliphatic carbocycles. The van der Waals surface area contributed by atoms with Gasteiger partial charge in [-0.15, -0.1) is 0 Å². The van der Waals surface area contributed by atoms with Crippen molar-refractivity contribution in [1.29, 1.82) is 0 Å². The Hall–Kier alpha value is -3.63. The van der Waals surface area contributed by atoms with Gasteiger partial charge in [0.1, 0.15) is 29.5 Å². The number of nitrogens with zero attached hydrogens (tertiary/aromatic N) is 2. The first kappa shape index (κ1) is 27.0. The minimum atomic E-state index is -2.67. The maximum atomic E-state index is 14.7. The fourth-order valence-electron chi connectivity index (χ4n) is 5.07. The van der Waals surface area contributed by atoms with Gasteiger partial charge in [-0.05, 0) is 56.7 Å². The Kier molecular flexibility index (Phi) is 7.76.